The third-order valence-electron chi connectivity index (χ3n) is 14.7. The highest BCUT2D eigenvalue weighted by atomic mass is 16.6. The molecule has 0 N–H and O–H groups in total. The molecule has 0 spiro atoms. The second kappa shape index (κ2) is 69.3. The summed E-state index contributed by atoms with van der Waals surface area (Å²) < 4.78 is 16.9. The maximum Gasteiger partial charge on any atom is 0.306 e. The lowest BCUT2D eigenvalue weighted by molar-refractivity contribution is -0.167. The van der Waals surface area contributed by atoms with E-state index in [0.717, 1.165) is 135 Å². The zero-order valence-corrected chi connectivity index (χ0v) is 53.7. The standard InChI is InChI=1S/C76H128O6/c1-4-7-10-13-16-19-22-25-27-29-30-31-32-33-34-35-36-37-38-39-40-41-42-43-44-45-46-47-49-51-54-57-60-63-66-69-75(78)81-72-73(71-80-74(77)68-65-62-59-56-53-50-24-21-18-15-12-9-6-3)82-76(79)70-67-64-61-58-55-52-48-28-26-23-20-17-14-11-8-5-2/h7,10,16,19-21,23-25,27-28,30-31,33-34,36-37,39-40,48,73H,4-6,8-9,11-15,17-18,22,26,29,32,35,38,41-47,49-72H2,1-3H3/b10-7-,19-16-,23-20-,24-21-,27-25-,31-30-,34-33-,37-36-,40-39-,48-28-. The molecule has 0 rings (SSSR count). The zero-order chi connectivity index (χ0) is 59.2. The first-order valence-corrected chi connectivity index (χ1v) is 34.5. The summed E-state index contributed by atoms with van der Waals surface area (Å²) in [5.41, 5.74) is 0. The Morgan fingerprint density at radius 3 is 0.756 bits per heavy atom. The van der Waals surface area contributed by atoms with Gasteiger partial charge in [0.15, 0.2) is 6.10 Å². The van der Waals surface area contributed by atoms with Crippen molar-refractivity contribution in [2.24, 2.45) is 0 Å². The van der Waals surface area contributed by atoms with Crippen LogP contribution < -0.4 is 0 Å². The number of allylic oxidation sites excluding steroid dienone is 20. The summed E-state index contributed by atoms with van der Waals surface area (Å²) >= 11 is 0. The molecule has 468 valence electrons. The van der Waals surface area contributed by atoms with Crippen LogP contribution in [0.25, 0.3) is 0 Å². The Kier molecular flexibility index (Phi) is 65.8. The molecule has 0 aromatic heterocycles. The molecule has 6 nitrogen and oxygen atoms in total. The summed E-state index contributed by atoms with van der Waals surface area (Å²) in [6.45, 7) is 6.49. The van der Waals surface area contributed by atoms with Gasteiger partial charge in [-0.25, -0.2) is 0 Å². The maximum atomic E-state index is 12.9. The van der Waals surface area contributed by atoms with Crippen molar-refractivity contribution >= 4 is 17.9 Å². The number of ether oxygens (including phenoxy) is 3. The summed E-state index contributed by atoms with van der Waals surface area (Å²) in [6, 6.07) is 0. The topological polar surface area (TPSA) is 78.9 Å². The van der Waals surface area contributed by atoms with Crippen LogP contribution in [0.3, 0.4) is 0 Å². The van der Waals surface area contributed by atoms with Crippen molar-refractivity contribution < 1.29 is 28.6 Å². The van der Waals surface area contributed by atoms with Crippen LogP contribution in [0, 0.1) is 0 Å². The van der Waals surface area contributed by atoms with E-state index in [9.17, 15) is 14.4 Å². The average Bonchev–Trinajstić information content (AvgIpc) is 3.47. The fourth-order valence-electron chi connectivity index (χ4n) is 9.51. The van der Waals surface area contributed by atoms with Crippen molar-refractivity contribution in [2.45, 2.75) is 329 Å². The normalized spacial score (nSPS) is 12.9. The minimum absolute atomic E-state index is 0.0863. The summed E-state index contributed by atoms with van der Waals surface area (Å²) in [6.07, 6.45) is 96.5. The van der Waals surface area contributed by atoms with Gasteiger partial charge >= 0.3 is 17.9 Å². The van der Waals surface area contributed by atoms with E-state index in [-0.39, 0.29) is 31.1 Å². The van der Waals surface area contributed by atoms with Crippen molar-refractivity contribution in [3.8, 4) is 0 Å². The lowest BCUT2D eigenvalue weighted by Gasteiger charge is -2.18. The Morgan fingerprint density at radius 1 is 0.256 bits per heavy atom. The van der Waals surface area contributed by atoms with Crippen LogP contribution >= 0.6 is 0 Å². The molecule has 0 aliphatic heterocycles. The lowest BCUT2D eigenvalue weighted by Crippen LogP contribution is -2.30. The number of hydrogen-bond acceptors (Lipinski definition) is 6. The first-order valence-electron chi connectivity index (χ1n) is 34.5. The molecule has 0 heterocycles. The van der Waals surface area contributed by atoms with E-state index in [0.29, 0.717) is 19.3 Å². The minimum atomic E-state index is -0.791. The van der Waals surface area contributed by atoms with E-state index in [1.807, 2.05) is 0 Å². The van der Waals surface area contributed by atoms with E-state index in [4.69, 9.17) is 14.2 Å². The van der Waals surface area contributed by atoms with Gasteiger partial charge in [-0.3, -0.25) is 14.4 Å². The summed E-state index contributed by atoms with van der Waals surface area (Å²) in [4.78, 5) is 38.3. The third-order valence-corrected chi connectivity index (χ3v) is 14.7. The summed E-state index contributed by atoms with van der Waals surface area (Å²) in [5, 5.41) is 0. The van der Waals surface area contributed by atoms with Crippen LogP contribution in [0.4, 0.5) is 0 Å². The van der Waals surface area contributed by atoms with E-state index < -0.39 is 6.10 Å². The van der Waals surface area contributed by atoms with Crippen LogP contribution in [0.1, 0.15) is 323 Å². The Hall–Kier alpha value is -4.19. The molecule has 0 amide bonds. The molecule has 82 heavy (non-hydrogen) atoms. The average molecular weight is 1140 g/mol. The highest BCUT2D eigenvalue weighted by Gasteiger charge is 2.19. The third kappa shape index (κ3) is 66.6. The highest BCUT2D eigenvalue weighted by Crippen LogP contribution is 2.16. The van der Waals surface area contributed by atoms with Gasteiger partial charge in [0.2, 0.25) is 0 Å². The first-order chi connectivity index (χ1) is 40.5. The first kappa shape index (κ1) is 77.8. The van der Waals surface area contributed by atoms with Crippen LogP contribution in [0.5, 0.6) is 0 Å². The molecule has 0 fully saturated rings. The second-order valence-corrected chi connectivity index (χ2v) is 22.7. The Morgan fingerprint density at radius 2 is 0.476 bits per heavy atom. The molecule has 1 atom stereocenters. The summed E-state index contributed by atoms with van der Waals surface area (Å²) in [7, 11) is 0. The van der Waals surface area contributed by atoms with Gasteiger partial charge < -0.3 is 14.2 Å². The number of carbonyl (C=O) groups excluding carboxylic acids is 3. The van der Waals surface area contributed by atoms with Crippen molar-refractivity contribution in [3.05, 3.63) is 122 Å². The monoisotopic (exact) mass is 1140 g/mol. The Bertz CT molecular complexity index is 1690. The molecule has 0 aromatic rings. The van der Waals surface area contributed by atoms with Gasteiger partial charge in [-0.15, -0.1) is 0 Å². The molecule has 0 saturated heterocycles. The smallest absolute Gasteiger partial charge is 0.306 e. The molecule has 0 bridgehead atoms. The van der Waals surface area contributed by atoms with E-state index in [2.05, 4.69) is 142 Å². The molecular formula is C76H128O6. The summed E-state index contributed by atoms with van der Waals surface area (Å²) in [5.74, 6) is -0.901. The largest absolute Gasteiger partial charge is 0.462 e. The van der Waals surface area contributed by atoms with E-state index in [1.54, 1.807) is 0 Å². The van der Waals surface area contributed by atoms with Crippen LogP contribution in [0.2, 0.25) is 0 Å². The van der Waals surface area contributed by atoms with E-state index in [1.165, 1.54) is 148 Å². The molecule has 0 aliphatic carbocycles. The van der Waals surface area contributed by atoms with Gasteiger partial charge in [0, 0.05) is 19.3 Å². The molecule has 0 saturated carbocycles. The molecule has 0 aliphatic rings. The number of rotatable bonds is 62. The van der Waals surface area contributed by atoms with Gasteiger partial charge in [-0.2, -0.15) is 0 Å². The van der Waals surface area contributed by atoms with Crippen molar-refractivity contribution in [1.82, 2.24) is 0 Å². The molecule has 6 heteroatoms. The van der Waals surface area contributed by atoms with Gasteiger partial charge in [-0.05, 0) is 135 Å². The SMILES string of the molecule is CC/C=C\C/C=C\C/C=C\C/C=C\C/C=C\C/C=C\C/C=C\CCCCCCCCCCCCCCCC(=O)OCC(COC(=O)CCCCCCC/C=C\CCCCCC)OC(=O)CCCCCCC/C=C\C/C=C\CCCCCC. The van der Waals surface area contributed by atoms with Gasteiger partial charge in [0.25, 0.3) is 0 Å². The van der Waals surface area contributed by atoms with Gasteiger partial charge in [-0.1, -0.05) is 290 Å². The zero-order valence-electron chi connectivity index (χ0n) is 53.7. The molecule has 0 radical (unpaired) electrons. The Labute approximate surface area is 507 Å². The molecule has 0 aromatic carbocycles. The maximum absolute atomic E-state index is 12.9. The predicted molar refractivity (Wildman–Crippen MR) is 357 cm³/mol. The highest BCUT2D eigenvalue weighted by molar-refractivity contribution is 5.71. The van der Waals surface area contributed by atoms with Crippen molar-refractivity contribution in [1.29, 1.82) is 0 Å². The van der Waals surface area contributed by atoms with Crippen molar-refractivity contribution in [2.75, 3.05) is 13.2 Å². The Balaban J connectivity index is 4.20. The minimum Gasteiger partial charge on any atom is -0.462 e. The molecule has 1 unspecified atom stereocenters. The van der Waals surface area contributed by atoms with Crippen molar-refractivity contribution in [3.63, 3.8) is 0 Å². The van der Waals surface area contributed by atoms with Crippen LogP contribution in [0.15, 0.2) is 122 Å². The predicted octanol–water partition coefficient (Wildman–Crippen LogP) is 23.9. The fraction of sp³-hybridized carbons (Fsp3) is 0.697. The number of carbonyl (C=O) groups is 3. The number of hydrogen-bond donors (Lipinski definition) is 0. The number of esters is 3. The van der Waals surface area contributed by atoms with Crippen LogP contribution in [-0.2, 0) is 28.6 Å². The van der Waals surface area contributed by atoms with Gasteiger partial charge in [0.05, 0.1) is 0 Å². The van der Waals surface area contributed by atoms with Crippen LogP contribution in [-0.4, -0.2) is 37.2 Å². The number of unbranched alkanes of at least 4 members (excludes halogenated alkanes) is 31. The van der Waals surface area contributed by atoms with E-state index >= 15 is 0 Å². The quantitative estimate of drug-likeness (QED) is 0.0261. The van der Waals surface area contributed by atoms with Gasteiger partial charge in [0.1, 0.15) is 13.2 Å². The fourth-order valence-corrected chi connectivity index (χ4v) is 9.51. The second-order valence-electron chi connectivity index (χ2n) is 22.7. The molecular weight excluding hydrogens is 1010 g/mol. The lowest BCUT2D eigenvalue weighted by atomic mass is 10.0.